The highest BCUT2D eigenvalue weighted by Crippen LogP contribution is 2.21. The Morgan fingerprint density at radius 3 is 2.86 bits per heavy atom. The van der Waals surface area contributed by atoms with Crippen LogP contribution in [-0.4, -0.2) is 52.9 Å². The van der Waals surface area contributed by atoms with Crippen LogP contribution >= 0.6 is 0 Å². The third-order valence-electron chi connectivity index (χ3n) is 4.24. The number of carbonyl (C=O) groups is 1. The van der Waals surface area contributed by atoms with Crippen molar-refractivity contribution in [2.24, 2.45) is 0 Å². The van der Waals surface area contributed by atoms with Gasteiger partial charge in [-0.2, -0.15) is 0 Å². The molecule has 0 radical (unpaired) electrons. The summed E-state index contributed by atoms with van der Waals surface area (Å²) in [7, 11) is 0. The number of benzene rings is 1. The van der Waals surface area contributed by atoms with Crippen molar-refractivity contribution in [3.05, 3.63) is 29.3 Å². The minimum absolute atomic E-state index is 0.0249. The minimum Gasteiger partial charge on any atom is -0.393 e. The maximum Gasteiger partial charge on any atom is 0.225 e. The van der Waals surface area contributed by atoms with E-state index >= 15 is 0 Å². The van der Waals surface area contributed by atoms with Gasteiger partial charge in [-0.1, -0.05) is 12.1 Å². The Morgan fingerprint density at radius 1 is 1.43 bits per heavy atom. The fourth-order valence-corrected chi connectivity index (χ4v) is 2.62. The highest BCUT2D eigenvalue weighted by Gasteiger charge is 2.35. The molecule has 0 unspecified atom stereocenters. The van der Waals surface area contributed by atoms with Crippen LogP contribution in [0.1, 0.15) is 24.0 Å². The van der Waals surface area contributed by atoms with Crippen LogP contribution in [0.15, 0.2) is 18.2 Å². The summed E-state index contributed by atoms with van der Waals surface area (Å²) < 4.78 is 0. The number of carbonyl (C=O) groups excluding carboxylic acids is 1. The van der Waals surface area contributed by atoms with Gasteiger partial charge in [0.05, 0.1) is 6.61 Å². The second-order valence-corrected chi connectivity index (χ2v) is 5.95. The fraction of sp³-hybridized carbons (Fsp3) is 0.562. The Bertz CT molecular complexity index is 518. The maximum atomic E-state index is 12.0. The molecule has 0 saturated carbocycles. The number of likely N-dealkylation sites (tertiary alicyclic amines) is 1. The Kier molecular flexibility index (Phi) is 4.98. The second-order valence-electron chi connectivity index (χ2n) is 5.95. The van der Waals surface area contributed by atoms with Gasteiger partial charge in [-0.15, -0.1) is 0 Å². The summed E-state index contributed by atoms with van der Waals surface area (Å²) in [4.78, 5) is 14.0. The largest absolute Gasteiger partial charge is 0.393 e. The molecule has 1 saturated heterocycles. The van der Waals surface area contributed by atoms with Gasteiger partial charge in [-0.25, -0.2) is 0 Å². The Hall–Kier alpha value is -1.43. The first-order valence-corrected chi connectivity index (χ1v) is 7.35. The summed E-state index contributed by atoms with van der Waals surface area (Å²) >= 11 is 0. The summed E-state index contributed by atoms with van der Waals surface area (Å²) in [5.41, 5.74) is 2.10. The summed E-state index contributed by atoms with van der Waals surface area (Å²) in [6.45, 7) is 5.53. The van der Waals surface area contributed by atoms with E-state index in [1.54, 1.807) is 0 Å². The molecular formula is C16H24N2O3. The lowest BCUT2D eigenvalue weighted by atomic mass is 10.1. The van der Waals surface area contributed by atoms with Crippen LogP contribution in [0, 0.1) is 13.8 Å². The predicted molar refractivity (Wildman–Crippen MR) is 82.3 cm³/mol. The lowest BCUT2D eigenvalue weighted by Gasteiger charge is -2.20. The SMILES string of the molecule is Cc1cccc(NC(=O)CCN2CC[C@@](O)(CO)C2)c1C. The van der Waals surface area contributed by atoms with E-state index in [0.717, 1.165) is 16.8 Å². The van der Waals surface area contributed by atoms with Crippen molar-refractivity contribution in [3.63, 3.8) is 0 Å². The van der Waals surface area contributed by atoms with Crippen LogP contribution in [0.2, 0.25) is 0 Å². The summed E-state index contributed by atoms with van der Waals surface area (Å²) in [5, 5.41) is 22.0. The van der Waals surface area contributed by atoms with E-state index in [-0.39, 0.29) is 12.5 Å². The molecule has 1 aromatic carbocycles. The van der Waals surface area contributed by atoms with Gasteiger partial charge in [0.15, 0.2) is 0 Å². The zero-order valence-corrected chi connectivity index (χ0v) is 12.7. The second kappa shape index (κ2) is 6.56. The minimum atomic E-state index is -0.996. The number of aliphatic hydroxyl groups is 2. The molecule has 1 heterocycles. The van der Waals surface area contributed by atoms with Gasteiger partial charge in [0, 0.05) is 31.7 Å². The van der Waals surface area contributed by atoms with E-state index < -0.39 is 5.60 Å². The molecule has 5 nitrogen and oxygen atoms in total. The number of β-amino-alcohol motifs (C(OH)–C–C–N with tert-alkyl or cyclic N) is 1. The van der Waals surface area contributed by atoms with Crippen molar-refractivity contribution in [1.82, 2.24) is 4.90 Å². The normalized spacial score (nSPS) is 22.5. The van der Waals surface area contributed by atoms with Crippen molar-refractivity contribution in [1.29, 1.82) is 0 Å². The molecule has 116 valence electrons. The van der Waals surface area contributed by atoms with Crippen LogP contribution in [0.5, 0.6) is 0 Å². The smallest absolute Gasteiger partial charge is 0.225 e. The topological polar surface area (TPSA) is 72.8 Å². The molecule has 1 fully saturated rings. The van der Waals surface area contributed by atoms with Crippen LogP contribution in [0.4, 0.5) is 5.69 Å². The highest BCUT2D eigenvalue weighted by atomic mass is 16.3. The van der Waals surface area contributed by atoms with E-state index in [1.807, 2.05) is 36.9 Å². The number of rotatable bonds is 5. The zero-order chi connectivity index (χ0) is 15.5. The van der Waals surface area contributed by atoms with Gasteiger partial charge in [-0.3, -0.25) is 9.69 Å². The molecule has 21 heavy (non-hydrogen) atoms. The lowest BCUT2D eigenvalue weighted by molar-refractivity contribution is -0.116. The van der Waals surface area contributed by atoms with Crippen molar-refractivity contribution < 1.29 is 15.0 Å². The number of aliphatic hydroxyl groups excluding tert-OH is 1. The summed E-state index contributed by atoms with van der Waals surface area (Å²) in [6, 6.07) is 5.85. The molecule has 0 aromatic heterocycles. The molecule has 1 aromatic rings. The number of nitrogens with one attached hydrogen (secondary N) is 1. The van der Waals surface area contributed by atoms with Gasteiger partial charge in [-0.05, 0) is 37.5 Å². The number of hydrogen-bond acceptors (Lipinski definition) is 4. The average Bonchev–Trinajstić information content (AvgIpc) is 2.84. The first-order valence-electron chi connectivity index (χ1n) is 7.35. The first kappa shape index (κ1) is 15.9. The van der Waals surface area contributed by atoms with E-state index in [9.17, 15) is 9.90 Å². The van der Waals surface area contributed by atoms with Gasteiger partial charge in [0.1, 0.15) is 5.60 Å². The molecule has 1 aliphatic rings. The lowest BCUT2D eigenvalue weighted by Crippen LogP contribution is -2.37. The van der Waals surface area contributed by atoms with Crippen LogP contribution in [0.25, 0.3) is 0 Å². The van der Waals surface area contributed by atoms with Crippen LogP contribution in [-0.2, 0) is 4.79 Å². The van der Waals surface area contributed by atoms with E-state index in [1.165, 1.54) is 0 Å². The Balaban J connectivity index is 1.82. The predicted octanol–water partition coefficient (Wildman–Crippen LogP) is 1.06. The number of anilines is 1. The van der Waals surface area contributed by atoms with Crippen molar-refractivity contribution in [2.45, 2.75) is 32.3 Å². The molecule has 1 aliphatic heterocycles. The van der Waals surface area contributed by atoms with Crippen LogP contribution < -0.4 is 5.32 Å². The summed E-state index contributed by atoms with van der Waals surface area (Å²) in [5.74, 6) is -0.0249. The number of hydrogen-bond donors (Lipinski definition) is 3. The van der Waals surface area contributed by atoms with E-state index in [2.05, 4.69) is 5.32 Å². The third-order valence-corrected chi connectivity index (χ3v) is 4.24. The molecule has 0 spiro atoms. The van der Waals surface area contributed by atoms with Gasteiger partial charge >= 0.3 is 0 Å². The molecule has 0 bridgehead atoms. The molecule has 2 rings (SSSR count). The molecule has 0 aliphatic carbocycles. The van der Waals surface area contributed by atoms with Gasteiger partial charge < -0.3 is 15.5 Å². The maximum absolute atomic E-state index is 12.0. The Labute approximate surface area is 125 Å². The quantitative estimate of drug-likeness (QED) is 0.759. The molecule has 3 N–H and O–H groups in total. The molecule has 1 atom stereocenters. The monoisotopic (exact) mass is 292 g/mol. The Morgan fingerprint density at radius 2 is 2.19 bits per heavy atom. The fourth-order valence-electron chi connectivity index (χ4n) is 2.62. The van der Waals surface area contributed by atoms with Gasteiger partial charge in [0.25, 0.3) is 0 Å². The third kappa shape index (κ3) is 4.03. The van der Waals surface area contributed by atoms with Crippen LogP contribution in [0.3, 0.4) is 0 Å². The number of amides is 1. The average molecular weight is 292 g/mol. The highest BCUT2D eigenvalue weighted by molar-refractivity contribution is 5.91. The molecule has 5 heteroatoms. The number of nitrogens with zero attached hydrogens (tertiary/aromatic N) is 1. The van der Waals surface area contributed by atoms with Crippen molar-refractivity contribution >= 4 is 11.6 Å². The van der Waals surface area contributed by atoms with E-state index in [0.29, 0.717) is 32.5 Å². The summed E-state index contributed by atoms with van der Waals surface area (Å²) in [6.07, 6.45) is 0.941. The van der Waals surface area contributed by atoms with Crippen molar-refractivity contribution in [2.75, 3.05) is 31.6 Å². The van der Waals surface area contributed by atoms with Gasteiger partial charge in [0.2, 0.25) is 5.91 Å². The molecule has 1 amide bonds. The standard InChI is InChI=1S/C16H24N2O3/c1-12-4-3-5-14(13(12)2)17-15(20)6-8-18-9-7-16(21,10-18)11-19/h3-5,19,21H,6-11H2,1-2H3,(H,17,20)/t16-/m0/s1. The first-order chi connectivity index (χ1) is 9.93. The number of aryl methyl sites for hydroxylation is 1. The molecular weight excluding hydrogens is 268 g/mol. The zero-order valence-electron chi connectivity index (χ0n) is 12.7. The van der Waals surface area contributed by atoms with E-state index in [4.69, 9.17) is 5.11 Å². The van der Waals surface area contributed by atoms with Crippen molar-refractivity contribution in [3.8, 4) is 0 Å².